The van der Waals surface area contributed by atoms with Gasteiger partial charge in [0.2, 0.25) is 0 Å². The first-order chi connectivity index (χ1) is 6.73. The molecule has 2 aromatic rings. The number of hydrogen-bond donors (Lipinski definition) is 0. The van der Waals surface area contributed by atoms with Crippen molar-refractivity contribution in [2.75, 3.05) is 0 Å². The Balaban J connectivity index is -0.000000151. The Morgan fingerprint density at radius 2 is 1.12 bits per heavy atom. The molecule has 84 valence electrons. The molecule has 0 spiro atoms. The van der Waals surface area contributed by atoms with E-state index >= 15 is 0 Å². The van der Waals surface area contributed by atoms with E-state index in [1.165, 1.54) is 6.92 Å². The summed E-state index contributed by atoms with van der Waals surface area (Å²) in [5.74, 6) is -0.583. The van der Waals surface area contributed by atoms with Crippen molar-refractivity contribution < 1.29 is 54.6 Å². The number of hydrogen-bond acceptors (Lipinski definition) is 1. The third-order valence-corrected chi connectivity index (χ3v) is 0.702. The van der Waals surface area contributed by atoms with Crippen LogP contribution in [0.1, 0.15) is 6.92 Å². The Hall–Kier alpha value is -0.375. The summed E-state index contributed by atoms with van der Waals surface area (Å²) in [5, 5.41) is 5.94. The molecule has 0 unspecified atom stereocenters. The maximum absolute atomic E-state index is 9.11. The second-order valence-electron chi connectivity index (χ2n) is 1.92. The van der Waals surface area contributed by atoms with Crippen LogP contribution in [0.25, 0.3) is 0 Å². The molecule has 4 heteroatoms. The van der Waals surface area contributed by atoms with Gasteiger partial charge in [0.15, 0.2) is 0 Å². The maximum atomic E-state index is 9.11. The minimum atomic E-state index is -0.583. The van der Waals surface area contributed by atoms with Crippen molar-refractivity contribution in [1.82, 2.24) is 0 Å². The van der Waals surface area contributed by atoms with Gasteiger partial charge in [-0.15, -0.1) is 0 Å². The molecule has 2 aromatic carbocycles. The zero-order valence-corrected chi connectivity index (χ0v) is 15.2. The van der Waals surface area contributed by atoms with Crippen LogP contribution in [-0.2, 0) is 49.5 Å². The van der Waals surface area contributed by atoms with Gasteiger partial charge in [-0.3, -0.25) is 0 Å². The van der Waals surface area contributed by atoms with E-state index in [0.717, 1.165) is 0 Å². The Kier molecular flexibility index (Phi) is 22.3. The van der Waals surface area contributed by atoms with Gasteiger partial charge >= 0.3 is 23.0 Å². The van der Waals surface area contributed by atoms with Crippen LogP contribution in [0.5, 0.6) is 0 Å². The molecular weight excluding hydrogens is 433 g/mol. The number of carbonyl (C=O) groups is 1. The monoisotopic (exact) mass is 441 g/mol. The van der Waals surface area contributed by atoms with Gasteiger partial charge in [0, 0.05) is 32.5 Å². The molecule has 0 amide bonds. The third-order valence-electron chi connectivity index (χ3n) is 0.702. The number of rotatable bonds is 0. The standard InChI is InChI=1S/2C5H.C2H4O2.Fe.Hg/c2*1-2-4-5-3-1;1-2(3)4;;/h2*1H;1H3,(H,3,4);;/q2*-5;;+2;/p+1. The summed E-state index contributed by atoms with van der Waals surface area (Å²) in [5.41, 5.74) is 0. The molecule has 16 heavy (non-hydrogen) atoms. The van der Waals surface area contributed by atoms with Crippen LogP contribution in [0.3, 0.4) is 0 Å². The van der Waals surface area contributed by atoms with Crippen LogP contribution < -0.4 is 0 Å². The molecule has 0 bridgehead atoms. The van der Waals surface area contributed by atoms with Gasteiger partial charge in [-0.25, -0.2) is 0 Å². The van der Waals surface area contributed by atoms with Crippen molar-refractivity contribution in [3.63, 3.8) is 0 Å². The molecule has 0 fully saturated rings. The van der Waals surface area contributed by atoms with Crippen LogP contribution in [0.4, 0.5) is 0 Å². The molecule has 0 radical (unpaired) electrons. The molecule has 2 rings (SSSR count). The molecule has 2 N–H and O–H groups in total. The van der Waals surface area contributed by atoms with Crippen molar-refractivity contribution in [2.24, 2.45) is 0 Å². The molecule has 0 aromatic heterocycles. The van der Waals surface area contributed by atoms with Crippen molar-refractivity contribution in [3.8, 4) is 0 Å². The SMILES string of the molecule is CC(=O)[OH2+].[Fe+2].[Hg].[c-]1[c-][c-][cH-][c-]1.[c-]1[c-][c-][cH-][c-]1. The summed E-state index contributed by atoms with van der Waals surface area (Å²) in [4.78, 5) is 9.11. The summed E-state index contributed by atoms with van der Waals surface area (Å²) in [6.45, 7) is 1.19. The predicted octanol–water partition coefficient (Wildman–Crippen LogP) is 0.465. The third kappa shape index (κ3) is 23.4. The summed E-state index contributed by atoms with van der Waals surface area (Å²) in [7, 11) is 0. The fourth-order valence-electron chi connectivity index (χ4n) is 0.361. The predicted molar refractivity (Wildman–Crippen MR) is 49.1 cm³/mol. The van der Waals surface area contributed by atoms with Crippen LogP contribution in [-0.4, -0.2) is 11.1 Å². The first-order valence-corrected chi connectivity index (χ1v) is 3.61. The Morgan fingerprint density at radius 1 is 0.938 bits per heavy atom. The average Bonchev–Trinajstić information content (AvgIpc) is 2.83. The summed E-state index contributed by atoms with van der Waals surface area (Å²) >= 11 is 0. The van der Waals surface area contributed by atoms with Gasteiger partial charge in [-0.1, -0.05) is 0 Å². The summed E-state index contributed by atoms with van der Waals surface area (Å²) < 4.78 is 0. The van der Waals surface area contributed by atoms with Crippen molar-refractivity contribution in [3.05, 3.63) is 60.7 Å². The second-order valence-corrected chi connectivity index (χ2v) is 1.92. The maximum Gasteiger partial charge on any atom is 2.00 e. The molecule has 0 heterocycles. The first-order valence-electron chi connectivity index (χ1n) is 3.61. The van der Waals surface area contributed by atoms with Gasteiger partial charge in [-0.2, -0.15) is 0 Å². The Labute approximate surface area is 127 Å². The van der Waals surface area contributed by atoms with E-state index in [1.807, 2.05) is 0 Å². The van der Waals surface area contributed by atoms with Gasteiger partial charge < -0.3 is 65.8 Å². The molecule has 0 aliphatic rings. The molecule has 2 nitrogen and oxygen atoms in total. The zero-order chi connectivity index (χ0) is 10.6. The molecular formula is C12H7FeHgO2-7. The average molecular weight is 440 g/mol. The molecule has 0 saturated carbocycles. The van der Waals surface area contributed by atoms with E-state index in [0.29, 0.717) is 0 Å². The fraction of sp³-hybridized carbons (Fsp3) is 0.0833. The summed E-state index contributed by atoms with van der Waals surface area (Å²) in [6, 6.07) is 24.0. The van der Waals surface area contributed by atoms with Gasteiger partial charge in [-0.05, 0) is 0 Å². The smallest absolute Gasteiger partial charge is 0.999 e. The second kappa shape index (κ2) is 17.0. The van der Waals surface area contributed by atoms with E-state index in [4.69, 9.17) is 9.90 Å². The first kappa shape index (κ1) is 21.0. The van der Waals surface area contributed by atoms with E-state index in [2.05, 4.69) is 48.5 Å². The molecule has 0 saturated heterocycles. The normalized spacial score (nSPS) is 6.56. The zero-order valence-electron chi connectivity index (χ0n) is 8.62. The van der Waals surface area contributed by atoms with Crippen LogP contribution in [0.15, 0.2) is 12.1 Å². The van der Waals surface area contributed by atoms with E-state index in [1.54, 1.807) is 12.1 Å². The van der Waals surface area contributed by atoms with Crippen molar-refractivity contribution >= 4 is 5.97 Å². The Morgan fingerprint density at radius 3 is 1.19 bits per heavy atom. The minimum Gasteiger partial charge on any atom is -0.999 e. The summed E-state index contributed by atoms with van der Waals surface area (Å²) in [6.07, 6.45) is 0. The van der Waals surface area contributed by atoms with Crippen molar-refractivity contribution in [1.29, 1.82) is 0 Å². The van der Waals surface area contributed by atoms with E-state index in [9.17, 15) is 0 Å². The molecule has 0 aliphatic carbocycles. The molecule has 0 atom stereocenters. The molecule has 0 aliphatic heterocycles. The van der Waals surface area contributed by atoms with Crippen LogP contribution in [0, 0.1) is 48.5 Å². The van der Waals surface area contributed by atoms with Crippen LogP contribution in [0.2, 0.25) is 0 Å². The quantitative estimate of drug-likeness (QED) is 0.334. The van der Waals surface area contributed by atoms with Crippen LogP contribution >= 0.6 is 0 Å². The fourth-order valence-corrected chi connectivity index (χ4v) is 0.361. The topological polar surface area (TPSA) is 40.0 Å². The van der Waals surface area contributed by atoms with E-state index < -0.39 is 5.97 Å². The Bertz CT molecular complexity index is 226. The number of carbonyl (C=O) groups excluding carboxylic acids is 1. The van der Waals surface area contributed by atoms with Gasteiger partial charge in [0.25, 0.3) is 0 Å². The van der Waals surface area contributed by atoms with Gasteiger partial charge in [0.1, 0.15) is 0 Å². The minimum absolute atomic E-state index is 0. The largest absolute Gasteiger partial charge is 2.00 e. The van der Waals surface area contributed by atoms with Gasteiger partial charge in [0.05, 0.1) is 6.92 Å². The van der Waals surface area contributed by atoms with Crippen molar-refractivity contribution in [2.45, 2.75) is 6.92 Å². The van der Waals surface area contributed by atoms with E-state index in [-0.39, 0.29) is 44.7 Å².